The van der Waals surface area contributed by atoms with Crippen LogP contribution in [0.15, 0.2) is 12.1 Å². The predicted octanol–water partition coefficient (Wildman–Crippen LogP) is 2.71. The fourth-order valence-electron chi connectivity index (χ4n) is 1.58. The van der Waals surface area contributed by atoms with Gasteiger partial charge in [0.05, 0.1) is 11.6 Å². The topological polar surface area (TPSA) is 63.2 Å². The third-order valence-corrected chi connectivity index (χ3v) is 2.87. The molecule has 6 heteroatoms. The Balaban J connectivity index is 2.70. The fourth-order valence-corrected chi connectivity index (χ4v) is 1.77. The first-order chi connectivity index (χ1) is 9.58. The number of anilines is 1. The van der Waals surface area contributed by atoms with Gasteiger partial charge in [-0.1, -0.05) is 18.5 Å². The molecule has 0 saturated heterocycles. The number of nitrogens with zero attached hydrogens (tertiary/aromatic N) is 1. The Morgan fingerprint density at radius 2 is 2.20 bits per heavy atom. The average Bonchev–Trinajstić information content (AvgIpc) is 2.44. The molecule has 1 amide bonds. The molecule has 1 aromatic rings. The van der Waals surface area contributed by atoms with E-state index in [4.69, 9.17) is 16.3 Å². The van der Waals surface area contributed by atoms with Crippen LogP contribution in [0.2, 0.25) is 5.02 Å². The van der Waals surface area contributed by atoms with Crippen molar-refractivity contribution in [2.75, 3.05) is 25.1 Å². The van der Waals surface area contributed by atoms with Gasteiger partial charge in [-0.25, -0.2) is 4.98 Å². The largest absolute Gasteiger partial charge is 0.380 e. The SMILES string of the molecule is CCCNc1ccc(Cl)c(C(=O)NC(C)COCC)n1. The molecule has 0 spiro atoms. The summed E-state index contributed by atoms with van der Waals surface area (Å²) in [5, 5.41) is 6.29. The van der Waals surface area contributed by atoms with Crippen molar-refractivity contribution in [1.82, 2.24) is 10.3 Å². The zero-order valence-electron chi connectivity index (χ0n) is 12.2. The number of halogens is 1. The summed E-state index contributed by atoms with van der Waals surface area (Å²) in [4.78, 5) is 16.4. The summed E-state index contributed by atoms with van der Waals surface area (Å²) in [6.07, 6.45) is 0.983. The molecule has 0 aliphatic rings. The van der Waals surface area contributed by atoms with Gasteiger partial charge in [0.2, 0.25) is 0 Å². The lowest BCUT2D eigenvalue weighted by molar-refractivity contribution is 0.0867. The van der Waals surface area contributed by atoms with Gasteiger partial charge in [0.15, 0.2) is 0 Å². The van der Waals surface area contributed by atoms with Gasteiger partial charge in [0.1, 0.15) is 11.5 Å². The summed E-state index contributed by atoms with van der Waals surface area (Å²) in [6, 6.07) is 3.35. The van der Waals surface area contributed by atoms with Crippen molar-refractivity contribution < 1.29 is 9.53 Å². The molecule has 0 aliphatic heterocycles. The lowest BCUT2D eigenvalue weighted by Gasteiger charge is -2.14. The minimum atomic E-state index is -0.289. The van der Waals surface area contributed by atoms with Crippen LogP contribution in [0.5, 0.6) is 0 Å². The summed E-state index contributed by atoms with van der Waals surface area (Å²) in [7, 11) is 0. The van der Waals surface area contributed by atoms with Gasteiger partial charge in [0.25, 0.3) is 5.91 Å². The maximum absolute atomic E-state index is 12.1. The van der Waals surface area contributed by atoms with Crippen LogP contribution in [-0.2, 0) is 4.74 Å². The summed E-state index contributed by atoms with van der Waals surface area (Å²) < 4.78 is 5.26. The van der Waals surface area contributed by atoms with Crippen LogP contribution in [0.3, 0.4) is 0 Å². The van der Waals surface area contributed by atoms with Crippen LogP contribution < -0.4 is 10.6 Å². The molecule has 1 heterocycles. The molecule has 1 atom stereocenters. The second kappa shape index (κ2) is 8.76. The van der Waals surface area contributed by atoms with Gasteiger partial charge in [0, 0.05) is 19.2 Å². The van der Waals surface area contributed by atoms with Gasteiger partial charge in [-0.05, 0) is 32.4 Å². The van der Waals surface area contributed by atoms with Gasteiger partial charge in [-0.15, -0.1) is 0 Å². The Bertz CT molecular complexity index is 440. The number of aromatic nitrogens is 1. The second-order valence-corrected chi connectivity index (χ2v) is 4.89. The summed E-state index contributed by atoms with van der Waals surface area (Å²) in [5.41, 5.74) is 0.233. The van der Waals surface area contributed by atoms with Crippen molar-refractivity contribution in [1.29, 1.82) is 0 Å². The molecule has 0 aromatic carbocycles. The van der Waals surface area contributed by atoms with E-state index in [-0.39, 0.29) is 17.6 Å². The Labute approximate surface area is 125 Å². The van der Waals surface area contributed by atoms with Crippen LogP contribution in [0.25, 0.3) is 0 Å². The Morgan fingerprint density at radius 3 is 2.85 bits per heavy atom. The highest BCUT2D eigenvalue weighted by Crippen LogP contribution is 2.16. The first-order valence-electron chi connectivity index (χ1n) is 6.87. The third kappa shape index (κ3) is 5.35. The van der Waals surface area contributed by atoms with Gasteiger partial charge in [-0.2, -0.15) is 0 Å². The number of rotatable bonds is 8. The van der Waals surface area contributed by atoms with Crippen LogP contribution >= 0.6 is 11.6 Å². The average molecular weight is 300 g/mol. The van der Waals surface area contributed by atoms with Crippen molar-refractivity contribution in [3.8, 4) is 0 Å². The molecule has 0 bridgehead atoms. The minimum Gasteiger partial charge on any atom is -0.380 e. The number of amides is 1. The zero-order valence-corrected chi connectivity index (χ0v) is 13.0. The molecule has 0 saturated carbocycles. The van der Waals surface area contributed by atoms with Crippen LogP contribution in [0.1, 0.15) is 37.7 Å². The van der Waals surface area contributed by atoms with Crippen LogP contribution in [0, 0.1) is 0 Å². The van der Waals surface area contributed by atoms with E-state index in [2.05, 4.69) is 22.5 Å². The number of carbonyl (C=O) groups is 1. The van der Waals surface area contributed by atoms with Gasteiger partial charge in [-0.3, -0.25) is 4.79 Å². The second-order valence-electron chi connectivity index (χ2n) is 4.49. The third-order valence-electron chi connectivity index (χ3n) is 2.57. The van der Waals surface area contributed by atoms with Crippen molar-refractivity contribution in [3.63, 3.8) is 0 Å². The molecule has 20 heavy (non-hydrogen) atoms. The van der Waals surface area contributed by atoms with Crippen molar-refractivity contribution in [2.45, 2.75) is 33.2 Å². The molecular weight excluding hydrogens is 278 g/mol. The quantitative estimate of drug-likeness (QED) is 0.775. The fraction of sp³-hybridized carbons (Fsp3) is 0.571. The smallest absolute Gasteiger partial charge is 0.271 e. The number of pyridine rings is 1. The number of hydrogen-bond donors (Lipinski definition) is 2. The van der Waals surface area contributed by atoms with E-state index in [0.29, 0.717) is 24.1 Å². The molecule has 1 aromatic heterocycles. The molecule has 0 aliphatic carbocycles. The van der Waals surface area contributed by atoms with E-state index in [0.717, 1.165) is 13.0 Å². The lowest BCUT2D eigenvalue weighted by Crippen LogP contribution is -2.36. The molecule has 1 rings (SSSR count). The molecule has 0 fully saturated rings. The Hall–Kier alpha value is -1.33. The highest BCUT2D eigenvalue weighted by Gasteiger charge is 2.15. The van der Waals surface area contributed by atoms with Crippen LogP contribution in [-0.4, -0.2) is 36.7 Å². The monoisotopic (exact) mass is 299 g/mol. The first-order valence-corrected chi connectivity index (χ1v) is 7.25. The Morgan fingerprint density at radius 1 is 1.45 bits per heavy atom. The number of hydrogen-bond acceptors (Lipinski definition) is 4. The van der Waals surface area contributed by atoms with E-state index in [1.807, 2.05) is 13.8 Å². The molecule has 0 radical (unpaired) electrons. The zero-order chi connectivity index (χ0) is 15.0. The van der Waals surface area contributed by atoms with E-state index in [1.54, 1.807) is 12.1 Å². The maximum Gasteiger partial charge on any atom is 0.271 e. The molecule has 5 nitrogen and oxygen atoms in total. The van der Waals surface area contributed by atoms with Crippen molar-refractivity contribution in [2.24, 2.45) is 0 Å². The predicted molar refractivity (Wildman–Crippen MR) is 81.4 cm³/mol. The normalized spacial score (nSPS) is 12.0. The van der Waals surface area contributed by atoms with E-state index >= 15 is 0 Å². The summed E-state index contributed by atoms with van der Waals surface area (Å²) in [5.74, 6) is 0.362. The maximum atomic E-state index is 12.1. The highest BCUT2D eigenvalue weighted by molar-refractivity contribution is 6.33. The number of nitrogens with one attached hydrogen (secondary N) is 2. The van der Waals surface area contributed by atoms with E-state index in [1.165, 1.54) is 0 Å². The van der Waals surface area contributed by atoms with Crippen LogP contribution in [0.4, 0.5) is 5.82 Å². The van der Waals surface area contributed by atoms with E-state index in [9.17, 15) is 4.79 Å². The van der Waals surface area contributed by atoms with Crippen molar-refractivity contribution in [3.05, 3.63) is 22.8 Å². The van der Waals surface area contributed by atoms with Crippen molar-refractivity contribution >= 4 is 23.3 Å². The summed E-state index contributed by atoms with van der Waals surface area (Å²) in [6.45, 7) is 7.74. The number of ether oxygens (including phenoxy) is 1. The van der Waals surface area contributed by atoms with Gasteiger partial charge < -0.3 is 15.4 Å². The van der Waals surface area contributed by atoms with Gasteiger partial charge >= 0.3 is 0 Å². The lowest BCUT2D eigenvalue weighted by atomic mass is 10.3. The molecular formula is C14H22ClN3O2. The summed E-state index contributed by atoms with van der Waals surface area (Å²) >= 11 is 6.03. The minimum absolute atomic E-state index is 0.0902. The van der Waals surface area contributed by atoms with E-state index < -0.39 is 0 Å². The molecule has 2 N–H and O–H groups in total. The highest BCUT2D eigenvalue weighted by atomic mass is 35.5. The molecule has 1 unspecified atom stereocenters. The standard InChI is InChI=1S/C14H22ClN3O2/c1-4-8-16-12-7-6-11(15)13(18-12)14(19)17-10(3)9-20-5-2/h6-7,10H,4-5,8-9H2,1-3H3,(H,16,18)(H,17,19). The Kier molecular flexibility index (Phi) is 7.33. The number of carbonyl (C=O) groups excluding carboxylic acids is 1. The molecule has 112 valence electrons. The first kappa shape index (κ1) is 16.7.